The minimum atomic E-state index is -0.311. The normalized spacial score (nSPS) is 19.5. The lowest BCUT2D eigenvalue weighted by molar-refractivity contribution is 0.0342. The van der Waals surface area contributed by atoms with E-state index in [1.54, 1.807) is 0 Å². The molecule has 4 rings (SSSR count). The van der Waals surface area contributed by atoms with Crippen LogP contribution in [0.15, 0.2) is 41.5 Å². The molecule has 1 unspecified atom stereocenters. The van der Waals surface area contributed by atoms with Crippen LogP contribution in [0.25, 0.3) is 0 Å². The second-order valence-electron chi connectivity index (χ2n) is 8.36. The van der Waals surface area contributed by atoms with Crippen LogP contribution >= 0.6 is 12.6 Å². The highest BCUT2D eigenvalue weighted by Crippen LogP contribution is 2.34. The van der Waals surface area contributed by atoms with Crippen LogP contribution in [0, 0.1) is 0 Å². The Morgan fingerprint density at radius 3 is 2.52 bits per heavy atom. The van der Waals surface area contributed by atoms with Crippen LogP contribution in [0.1, 0.15) is 42.0 Å². The van der Waals surface area contributed by atoms with Crippen molar-refractivity contribution < 1.29 is 14.9 Å². The van der Waals surface area contributed by atoms with E-state index in [0.717, 1.165) is 44.0 Å². The van der Waals surface area contributed by atoms with Crippen LogP contribution in [-0.2, 0) is 17.8 Å². The number of hydrogen-bond donors (Lipinski definition) is 4. The molecular weight excluding hydrogens is 412 g/mol. The van der Waals surface area contributed by atoms with E-state index in [-0.39, 0.29) is 22.9 Å². The first-order valence-electron chi connectivity index (χ1n) is 10.6. The summed E-state index contributed by atoms with van der Waals surface area (Å²) in [5.74, 6) is 0.813. The Morgan fingerprint density at radius 1 is 1.10 bits per heavy atom. The quantitative estimate of drug-likeness (QED) is 0.515. The van der Waals surface area contributed by atoms with Crippen molar-refractivity contribution in [1.29, 1.82) is 0 Å². The Bertz CT molecular complexity index is 960. The van der Waals surface area contributed by atoms with Gasteiger partial charge in [-0.2, -0.15) is 5.10 Å². The van der Waals surface area contributed by atoms with Crippen LogP contribution in [-0.4, -0.2) is 57.6 Å². The summed E-state index contributed by atoms with van der Waals surface area (Å²) >= 11 is 4.63. The largest absolute Gasteiger partial charge is 0.508 e. The predicted octanol–water partition coefficient (Wildman–Crippen LogP) is 3.03. The van der Waals surface area contributed by atoms with Gasteiger partial charge in [-0.3, -0.25) is 10.3 Å². The number of phenolic OH excluding ortho intramolecular Hbond substituents is 2. The van der Waals surface area contributed by atoms with E-state index in [4.69, 9.17) is 4.74 Å². The van der Waals surface area contributed by atoms with E-state index in [1.807, 2.05) is 24.8 Å². The molecule has 1 saturated heterocycles. The van der Waals surface area contributed by atoms with Crippen molar-refractivity contribution in [3.63, 3.8) is 0 Å². The molecule has 2 aliphatic rings. The molecule has 3 N–H and O–H groups in total. The average Bonchev–Trinajstić information content (AvgIpc) is 3.09. The molecule has 1 atom stereocenters. The van der Waals surface area contributed by atoms with Crippen molar-refractivity contribution in [2.75, 3.05) is 26.3 Å². The van der Waals surface area contributed by atoms with Gasteiger partial charge in [0.2, 0.25) is 0 Å². The molecule has 0 saturated carbocycles. The van der Waals surface area contributed by atoms with Crippen molar-refractivity contribution in [3.8, 4) is 11.5 Å². The van der Waals surface area contributed by atoms with Crippen LogP contribution in [0.4, 0.5) is 0 Å². The zero-order valence-corrected chi connectivity index (χ0v) is 18.8. The number of morpholine rings is 1. The van der Waals surface area contributed by atoms with E-state index in [2.05, 4.69) is 52.3 Å². The monoisotopic (exact) mass is 442 g/mol. The van der Waals surface area contributed by atoms with Gasteiger partial charge in [0.15, 0.2) is 11.3 Å². The van der Waals surface area contributed by atoms with Crippen LogP contribution in [0.5, 0.6) is 11.5 Å². The van der Waals surface area contributed by atoms with Gasteiger partial charge in [0.1, 0.15) is 11.5 Å². The summed E-state index contributed by atoms with van der Waals surface area (Å²) in [5.41, 5.74) is 6.43. The Morgan fingerprint density at radius 2 is 1.81 bits per heavy atom. The molecule has 7 nitrogen and oxygen atoms in total. The molecule has 0 aliphatic carbocycles. The van der Waals surface area contributed by atoms with Crippen molar-refractivity contribution in [3.05, 3.63) is 58.7 Å². The highest BCUT2D eigenvalue weighted by atomic mass is 32.1. The number of thiol groups is 1. The number of rotatable bonds is 6. The van der Waals surface area contributed by atoms with Crippen LogP contribution < -0.4 is 5.43 Å². The summed E-state index contributed by atoms with van der Waals surface area (Å²) in [6, 6.07) is 11.7. The van der Waals surface area contributed by atoms with Gasteiger partial charge in [0.05, 0.1) is 18.8 Å². The second kappa shape index (κ2) is 9.38. The molecule has 0 bridgehead atoms. The van der Waals surface area contributed by atoms with Gasteiger partial charge in [-0.1, -0.05) is 38.1 Å². The SMILES string of the molecule is CC(C)c1cc(C2=NNC(S)N2Cc2cccc(CN3CCOCC3)c2)c(O)cc1O. The number of nitrogens with one attached hydrogen (secondary N) is 1. The van der Waals surface area contributed by atoms with E-state index in [0.29, 0.717) is 17.9 Å². The Balaban J connectivity index is 1.55. The second-order valence-corrected chi connectivity index (χ2v) is 8.85. The maximum atomic E-state index is 10.5. The fourth-order valence-corrected chi connectivity index (χ4v) is 4.27. The molecule has 8 heteroatoms. The number of amidine groups is 1. The van der Waals surface area contributed by atoms with E-state index >= 15 is 0 Å². The molecule has 2 aromatic carbocycles. The fraction of sp³-hybridized carbons (Fsp3) is 0.435. The summed E-state index contributed by atoms with van der Waals surface area (Å²) in [7, 11) is 0. The van der Waals surface area contributed by atoms with Gasteiger partial charge in [0, 0.05) is 32.2 Å². The molecule has 31 heavy (non-hydrogen) atoms. The van der Waals surface area contributed by atoms with E-state index in [1.165, 1.54) is 11.6 Å². The third-order valence-corrected chi connectivity index (χ3v) is 6.11. The number of aromatic hydroxyl groups is 2. The summed E-state index contributed by atoms with van der Waals surface area (Å²) < 4.78 is 5.44. The maximum Gasteiger partial charge on any atom is 0.162 e. The number of hydrazone groups is 1. The standard InChI is InChI=1S/C23H30N4O3S/c1-15(2)18-11-19(21(29)12-20(18)28)22-24-25-23(31)27(22)14-17-5-3-4-16(10-17)13-26-6-8-30-9-7-26/h3-5,10-12,15,23,25,28-29,31H,6-9,13-14H2,1-2H3. The van der Waals surface area contributed by atoms with Crippen molar-refractivity contribution in [2.45, 2.75) is 38.4 Å². The third kappa shape index (κ3) is 4.92. The lowest BCUT2D eigenvalue weighted by Gasteiger charge is -2.27. The molecule has 0 spiro atoms. The van der Waals surface area contributed by atoms with E-state index in [9.17, 15) is 10.2 Å². The van der Waals surface area contributed by atoms with Gasteiger partial charge in [-0.05, 0) is 28.7 Å². The lowest BCUT2D eigenvalue weighted by Crippen LogP contribution is -2.36. The van der Waals surface area contributed by atoms with Crippen molar-refractivity contribution >= 4 is 18.5 Å². The van der Waals surface area contributed by atoms with Crippen molar-refractivity contribution in [2.24, 2.45) is 5.10 Å². The van der Waals surface area contributed by atoms with Crippen molar-refractivity contribution in [1.82, 2.24) is 15.2 Å². The van der Waals surface area contributed by atoms with Gasteiger partial charge < -0.3 is 19.8 Å². The molecule has 0 radical (unpaired) electrons. The van der Waals surface area contributed by atoms with Crippen LogP contribution in [0.3, 0.4) is 0 Å². The molecule has 2 heterocycles. The molecule has 0 amide bonds. The first-order valence-corrected chi connectivity index (χ1v) is 11.2. The van der Waals surface area contributed by atoms with Gasteiger partial charge in [-0.25, -0.2) is 0 Å². The molecule has 0 aromatic heterocycles. The first-order chi connectivity index (χ1) is 14.9. The number of phenols is 2. The lowest BCUT2D eigenvalue weighted by atomic mass is 9.98. The smallest absolute Gasteiger partial charge is 0.162 e. The predicted molar refractivity (Wildman–Crippen MR) is 124 cm³/mol. The minimum absolute atomic E-state index is 0.00375. The Hall–Kier alpha value is -2.42. The van der Waals surface area contributed by atoms with E-state index < -0.39 is 0 Å². The topological polar surface area (TPSA) is 80.6 Å². The van der Waals surface area contributed by atoms with Gasteiger partial charge in [-0.15, -0.1) is 12.6 Å². The number of hydrogen-bond acceptors (Lipinski definition) is 8. The first kappa shape index (κ1) is 21.8. The Labute approximate surface area is 188 Å². The number of ether oxygens (including phenoxy) is 1. The highest BCUT2D eigenvalue weighted by molar-refractivity contribution is 7.80. The zero-order chi connectivity index (χ0) is 22.0. The Kier molecular flexibility index (Phi) is 6.60. The van der Waals surface area contributed by atoms with Gasteiger partial charge in [0.25, 0.3) is 0 Å². The molecular formula is C23H30N4O3S. The molecule has 2 aliphatic heterocycles. The molecule has 166 valence electrons. The van der Waals surface area contributed by atoms with Gasteiger partial charge >= 0.3 is 0 Å². The summed E-state index contributed by atoms with van der Waals surface area (Å²) in [5, 5.41) is 25.1. The molecule has 1 fully saturated rings. The summed E-state index contributed by atoms with van der Waals surface area (Å²) in [6.45, 7) is 8.98. The maximum absolute atomic E-state index is 10.5. The highest BCUT2D eigenvalue weighted by Gasteiger charge is 2.29. The average molecular weight is 443 g/mol. The third-order valence-electron chi connectivity index (χ3n) is 5.72. The van der Waals surface area contributed by atoms with Crippen LogP contribution in [0.2, 0.25) is 0 Å². The number of benzene rings is 2. The number of nitrogens with zero attached hydrogens (tertiary/aromatic N) is 3. The molecule has 2 aromatic rings. The summed E-state index contributed by atoms with van der Waals surface area (Å²) in [4.78, 5) is 4.41. The fourth-order valence-electron chi connectivity index (χ4n) is 4.02. The minimum Gasteiger partial charge on any atom is -0.508 e. The zero-order valence-electron chi connectivity index (χ0n) is 18.0. The summed E-state index contributed by atoms with van der Waals surface area (Å²) in [6.07, 6.45) is 0.